The second-order valence-corrected chi connectivity index (χ2v) is 10.6. The van der Waals surface area contributed by atoms with Crippen molar-refractivity contribution in [2.45, 2.75) is 16.4 Å². The zero-order chi connectivity index (χ0) is 22.8. The molecule has 0 bridgehead atoms. The van der Waals surface area contributed by atoms with Crippen LogP contribution in [0.5, 0.6) is 0 Å². The largest absolute Gasteiger partial charge is 0.477 e. The molecule has 4 heterocycles. The summed E-state index contributed by atoms with van der Waals surface area (Å²) in [6.07, 6.45) is 1.56. The number of thiazole rings is 1. The average Bonchev–Trinajstić information content (AvgIpc) is 3.44. The van der Waals surface area contributed by atoms with Crippen LogP contribution in [-0.4, -0.2) is 81.4 Å². The van der Waals surface area contributed by atoms with Gasteiger partial charge in [0.05, 0.1) is 11.3 Å². The summed E-state index contributed by atoms with van der Waals surface area (Å²) in [7, 11) is 0. The molecule has 13 nitrogen and oxygen atoms in total. The summed E-state index contributed by atoms with van der Waals surface area (Å²) in [6, 6.07) is -0.967. The molecule has 6 N–H and O–H groups in total. The third kappa shape index (κ3) is 4.27. The summed E-state index contributed by atoms with van der Waals surface area (Å²) < 4.78 is 0. The molecule has 2 aliphatic heterocycles. The highest BCUT2D eigenvalue weighted by Crippen LogP contribution is 2.44. The number of nitrogens with two attached hydrogens (primary N) is 1. The fraction of sp³-hybridized carbons (Fsp3) is 0.267. The van der Waals surface area contributed by atoms with E-state index in [4.69, 9.17) is 5.73 Å². The van der Waals surface area contributed by atoms with Crippen molar-refractivity contribution in [1.29, 1.82) is 0 Å². The number of rotatable bonds is 8. The van der Waals surface area contributed by atoms with E-state index < -0.39 is 29.2 Å². The maximum absolute atomic E-state index is 12.7. The zero-order valence-electron chi connectivity index (χ0n) is 15.8. The van der Waals surface area contributed by atoms with E-state index in [1.165, 1.54) is 45.6 Å². The number of amides is 2. The van der Waals surface area contributed by atoms with Gasteiger partial charge in [0.1, 0.15) is 27.8 Å². The van der Waals surface area contributed by atoms with Gasteiger partial charge in [-0.2, -0.15) is 10.3 Å². The first-order valence-electron chi connectivity index (χ1n) is 8.67. The number of β-lactam (4-membered cyclic amide) rings is 1. The quantitative estimate of drug-likeness (QED) is 0.0801. The van der Waals surface area contributed by atoms with Crippen LogP contribution in [0.25, 0.3) is 0 Å². The minimum absolute atomic E-state index is 0.0712. The molecule has 32 heavy (non-hydrogen) atoms. The standard InChI is InChI=1S/C15H14N8O5S4/c16-15-18-5(2-30-15)8(21-28)11(24)19-9-12(25)23-10(14(26)27)6(3-29-13(9)23)31-4-32-7-1-17-22-20-7/h1-2,9,13,28H,3-4H2,(H2,16,18)(H,19,24)(H,26,27)(H,17,20,22)/b21-8-/t9-,13+/m1/s1. The molecule has 0 spiro atoms. The Morgan fingerprint density at radius 3 is 2.88 bits per heavy atom. The molecule has 2 aromatic heterocycles. The number of carboxylic acids is 1. The van der Waals surface area contributed by atoms with Gasteiger partial charge in [0, 0.05) is 16.0 Å². The molecule has 4 rings (SSSR count). The van der Waals surface area contributed by atoms with Crippen LogP contribution in [-0.2, 0) is 14.4 Å². The lowest BCUT2D eigenvalue weighted by Gasteiger charge is -2.49. The van der Waals surface area contributed by atoms with E-state index in [1.807, 2.05) is 0 Å². The Morgan fingerprint density at radius 2 is 2.25 bits per heavy atom. The Bertz CT molecular complexity index is 1120. The van der Waals surface area contributed by atoms with E-state index in [0.717, 1.165) is 11.3 Å². The lowest BCUT2D eigenvalue weighted by molar-refractivity contribution is -0.150. The van der Waals surface area contributed by atoms with Crippen molar-refractivity contribution in [3.05, 3.63) is 27.9 Å². The minimum Gasteiger partial charge on any atom is -0.477 e. The smallest absolute Gasteiger partial charge is 0.353 e. The number of carboxylic acid groups (broad SMARTS) is 1. The number of anilines is 1. The second kappa shape index (κ2) is 9.39. The summed E-state index contributed by atoms with van der Waals surface area (Å²) in [5, 5.41) is 36.7. The molecule has 1 fully saturated rings. The first-order chi connectivity index (χ1) is 15.4. The van der Waals surface area contributed by atoms with Crippen molar-refractivity contribution >= 4 is 75.2 Å². The van der Waals surface area contributed by atoms with Gasteiger partial charge >= 0.3 is 5.97 Å². The van der Waals surface area contributed by atoms with Crippen molar-refractivity contribution in [3.8, 4) is 0 Å². The van der Waals surface area contributed by atoms with E-state index in [-0.39, 0.29) is 22.2 Å². The van der Waals surface area contributed by atoms with Crippen molar-refractivity contribution in [1.82, 2.24) is 30.6 Å². The number of carbonyl (C=O) groups excluding carboxylic acids is 2. The topological polar surface area (TPSA) is 200 Å². The number of aromatic amines is 1. The Morgan fingerprint density at radius 1 is 1.44 bits per heavy atom. The molecule has 0 radical (unpaired) electrons. The Hall–Kier alpha value is -2.76. The van der Waals surface area contributed by atoms with Crippen LogP contribution in [0.4, 0.5) is 5.13 Å². The number of oxime groups is 1. The highest BCUT2D eigenvalue weighted by molar-refractivity contribution is 8.18. The van der Waals surface area contributed by atoms with Crippen molar-refractivity contribution < 1.29 is 24.7 Å². The molecule has 17 heteroatoms. The van der Waals surface area contributed by atoms with Gasteiger partial charge in [0.15, 0.2) is 10.8 Å². The van der Waals surface area contributed by atoms with Gasteiger partial charge in [-0.3, -0.25) is 14.5 Å². The normalized spacial score (nSPS) is 20.7. The van der Waals surface area contributed by atoms with Gasteiger partial charge in [0.25, 0.3) is 11.8 Å². The summed E-state index contributed by atoms with van der Waals surface area (Å²) in [5.74, 6) is -2.25. The minimum atomic E-state index is -1.22. The molecule has 0 aliphatic carbocycles. The van der Waals surface area contributed by atoms with Crippen LogP contribution in [0.2, 0.25) is 0 Å². The average molecular weight is 515 g/mol. The number of aromatic nitrogens is 4. The van der Waals surface area contributed by atoms with Gasteiger partial charge in [-0.15, -0.1) is 40.0 Å². The number of hydrogen-bond donors (Lipinski definition) is 5. The Labute approximate surface area is 196 Å². The van der Waals surface area contributed by atoms with E-state index in [9.17, 15) is 24.7 Å². The number of nitrogen functional groups attached to an aromatic ring is 1. The summed E-state index contributed by atoms with van der Waals surface area (Å²) in [5.41, 5.74) is 5.12. The highest BCUT2D eigenvalue weighted by Gasteiger charge is 2.54. The van der Waals surface area contributed by atoms with Crippen LogP contribution >= 0.6 is 46.6 Å². The van der Waals surface area contributed by atoms with E-state index in [0.29, 0.717) is 20.8 Å². The van der Waals surface area contributed by atoms with Gasteiger partial charge in [-0.25, -0.2) is 9.78 Å². The molecule has 2 atom stereocenters. The number of aliphatic carboxylic acids is 1. The molecule has 168 valence electrons. The van der Waals surface area contributed by atoms with Crippen molar-refractivity contribution in [3.63, 3.8) is 0 Å². The van der Waals surface area contributed by atoms with E-state index >= 15 is 0 Å². The lowest BCUT2D eigenvalue weighted by Crippen LogP contribution is -2.71. The van der Waals surface area contributed by atoms with Crippen molar-refractivity contribution in [2.24, 2.45) is 5.16 Å². The number of nitrogens with zero attached hydrogens (tertiary/aromatic N) is 5. The SMILES string of the molecule is Nc1nc(/C(=N/O)C(=O)N[C@@H]2C(=O)N3C(C(=O)O)=C(SCSc4cn[nH]n4)CS[C@@H]23)cs1. The molecular formula is C15H14N8O5S4. The molecular weight excluding hydrogens is 500 g/mol. The molecule has 2 amide bonds. The maximum Gasteiger partial charge on any atom is 0.353 e. The first-order valence-corrected chi connectivity index (χ1v) is 12.6. The van der Waals surface area contributed by atoms with E-state index in [2.05, 4.69) is 30.9 Å². The monoisotopic (exact) mass is 514 g/mol. The Balaban J connectivity index is 1.44. The first kappa shape index (κ1) is 22.4. The third-order valence-electron chi connectivity index (χ3n) is 4.34. The zero-order valence-corrected chi connectivity index (χ0v) is 19.1. The molecule has 0 unspecified atom stereocenters. The molecule has 0 saturated carbocycles. The number of thioether (sulfide) groups is 3. The predicted octanol–water partition coefficient (Wildman–Crippen LogP) is 0.201. The van der Waals surface area contributed by atoms with Gasteiger partial charge in [-0.05, 0) is 0 Å². The number of hydrogen-bond acceptors (Lipinski definition) is 13. The maximum atomic E-state index is 12.7. The third-order valence-corrected chi connectivity index (χ3v) is 8.59. The van der Waals surface area contributed by atoms with Crippen LogP contribution in [0.1, 0.15) is 5.69 Å². The van der Waals surface area contributed by atoms with Gasteiger partial charge in [0.2, 0.25) is 0 Å². The highest BCUT2D eigenvalue weighted by atomic mass is 32.2. The summed E-state index contributed by atoms with van der Waals surface area (Å²) >= 11 is 5.08. The van der Waals surface area contributed by atoms with E-state index in [1.54, 1.807) is 6.20 Å². The van der Waals surface area contributed by atoms with Crippen LogP contribution in [0.3, 0.4) is 0 Å². The second-order valence-electron chi connectivity index (χ2n) is 6.17. The van der Waals surface area contributed by atoms with Crippen LogP contribution < -0.4 is 11.1 Å². The summed E-state index contributed by atoms with van der Waals surface area (Å²) in [6.45, 7) is 0. The fourth-order valence-electron chi connectivity index (χ4n) is 2.94. The van der Waals surface area contributed by atoms with Gasteiger partial charge < -0.3 is 21.4 Å². The molecule has 2 aromatic rings. The predicted molar refractivity (Wildman–Crippen MR) is 119 cm³/mol. The number of H-pyrrole nitrogens is 1. The Kier molecular flexibility index (Phi) is 6.58. The lowest BCUT2D eigenvalue weighted by atomic mass is 10.0. The molecule has 0 aromatic carbocycles. The van der Waals surface area contributed by atoms with Crippen LogP contribution in [0, 0.1) is 0 Å². The number of carbonyl (C=O) groups is 3. The van der Waals surface area contributed by atoms with Crippen LogP contribution in [0.15, 0.2) is 32.4 Å². The summed E-state index contributed by atoms with van der Waals surface area (Å²) in [4.78, 5) is 42.8. The molecule has 1 saturated heterocycles. The molecule has 2 aliphatic rings. The fourth-order valence-corrected chi connectivity index (χ4v) is 7.06. The number of nitrogens with one attached hydrogen (secondary N) is 2. The number of fused-ring (bicyclic) bond motifs is 1. The van der Waals surface area contributed by atoms with Gasteiger partial charge in [-0.1, -0.05) is 16.9 Å². The van der Waals surface area contributed by atoms with Crippen molar-refractivity contribution in [2.75, 3.05) is 16.6 Å².